The molecule has 0 aliphatic heterocycles. The van der Waals surface area contributed by atoms with E-state index in [2.05, 4.69) is 5.32 Å². The third-order valence-corrected chi connectivity index (χ3v) is 2.08. The van der Waals surface area contributed by atoms with Gasteiger partial charge in [-0.2, -0.15) is 0 Å². The molecular formula is C10H22BNO3. The minimum Gasteiger partial charge on any atom is -0.426 e. The van der Waals surface area contributed by atoms with Crippen LogP contribution in [0.1, 0.15) is 41.0 Å². The maximum absolute atomic E-state index is 11.6. The third kappa shape index (κ3) is 5.79. The van der Waals surface area contributed by atoms with Gasteiger partial charge in [-0.05, 0) is 12.3 Å². The molecule has 0 rings (SSSR count). The minimum atomic E-state index is -1.50. The van der Waals surface area contributed by atoms with Crippen LogP contribution in [-0.4, -0.2) is 29.0 Å². The standard InChI is InChI=1S/C10H22BNO3/c1-7(2)6-8(11(14)15)12-9(13)10(3,4)5/h7-8,14-15H,6H2,1-5H3,(H,12,13)/t8-/m0/s1. The van der Waals surface area contributed by atoms with Gasteiger partial charge in [0.05, 0.1) is 5.94 Å². The molecule has 5 heteroatoms. The number of nitrogens with one attached hydrogen (secondary N) is 1. The van der Waals surface area contributed by atoms with E-state index in [1.165, 1.54) is 0 Å². The summed E-state index contributed by atoms with van der Waals surface area (Å²) in [5.74, 6) is -0.449. The second-order valence-corrected chi connectivity index (χ2v) is 5.37. The quantitative estimate of drug-likeness (QED) is 0.600. The molecule has 0 aromatic rings. The van der Waals surface area contributed by atoms with Crippen LogP contribution in [0.4, 0.5) is 0 Å². The molecule has 0 aromatic heterocycles. The first-order valence-corrected chi connectivity index (χ1v) is 5.31. The lowest BCUT2D eigenvalue weighted by atomic mass is 9.74. The van der Waals surface area contributed by atoms with E-state index >= 15 is 0 Å². The summed E-state index contributed by atoms with van der Waals surface area (Å²) in [5, 5.41) is 20.9. The molecule has 4 nitrogen and oxygen atoms in total. The maximum atomic E-state index is 11.6. The van der Waals surface area contributed by atoms with E-state index in [4.69, 9.17) is 10.0 Å². The first kappa shape index (κ1) is 14.5. The monoisotopic (exact) mass is 215 g/mol. The molecule has 0 saturated heterocycles. The second-order valence-electron chi connectivity index (χ2n) is 5.37. The zero-order chi connectivity index (χ0) is 12.2. The van der Waals surface area contributed by atoms with E-state index < -0.39 is 18.5 Å². The highest BCUT2D eigenvalue weighted by molar-refractivity contribution is 6.43. The Labute approximate surface area is 92.2 Å². The summed E-state index contributed by atoms with van der Waals surface area (Å²) in [5.41, 5.74) is -0.510. The van der Waals surface area contributed by atoms with Crippen molar-refractivity contribution < 1.29 is 14.8 Å². The zero-order valence-corrected chi connectivity index (χ0v) is 10.2. The van der Waals surface area contributed by atoms with Crippen LogP contribution < -0.4 is 5.32 Å². The smallest absolute Gasteiger partial charge is 0.426 e. The Morgan fingerprint density at radius 2 is 1.80 bits per heavy atom. The Morgan fingerprint density at radius 3 is 2.07 bits per heavy atom. The number of carbonyl (C=O) groups is 1. The van der Waals surface area contributed by atoms with Gasteiger partial charge in [-0.15, -0.1) is 0 Å². The topological polar surface area (TPSA) is 69.6 Å². The van der Waals surface area contributed by atoms with Crippen molar-refractivity contribution in [3.05, 3.63) is 0 Å². The van der Waals surface area contributed by atoms with E-state index in [1.807, 2.05) is 13.8 Å². The summed E-state index contributed by atoms with van der Waals surface area (Å²) < 4.78 is 0. The van der Waals surface area contributed by atoms with Crippen LogP contribution >= 0.6 is 0 Å². The Kier molecular flexibility index (Phi) is 5.31. The maximum Gasteiger partial charge on any atom is 0.475 e. The molecule has 0 heterocycles. The lowest BCUT2D eigenvalue weighted by Gasteiger charge is -2.24. The Bertz CT molecular complexity index is 211. The molecule has 3 N–H and O–H groups in total. The van der Waals surface area contributed by atoms with Crippen molar-refractivity contribution in [3.63, 3.8) is 0 Å². The van der Waals surface area contributed by atoms with Gasteiger partial charge in [0.2, 0.25) is 5.91 Å². The average Bonchev–Trinajstić information content (AvgIpc) is 1.99. The van der Waals surface area contributed by atoms with Crippen LogP contribution in [0.2, 0.25) is 0 Å². The number of hydrogen-bond donors (Lipinski definition) is 3. The van der Waals surface area contributed by atoms with Gasteiger partial charge in [0.25, 0.3) is 0 Å². The number of amides is 1. The van der Waals surface area contributed by atoms with Crippen molar-refractivity contribution in [2.75, 3.05) is 0 Å². The highest BCUT2D eigenvalue weighted by atomic mass is 16.4. The van der Waals surface area contributed by atoms with Crippen molar-refractivity contribution in [1.82, 2.24) is 5.32 Å². The summed E-state index contributed by atoms with van der Waals surface area (Å²) in [6.07, 6.45) is 0.555. The van der Waals surface area contributed by atoms with Gasteiger partial charge in [0.15, 0.2) is 0 Å². The average molecular weight is 215 g/mol. The highest BCUT2D eigenvalue weighted by Crippen LogP contribution is 2.14. The molecule has 15 heavy (non-hydrogen) atoms. The first-order valence-electron chi connectivity index (χ1n) is 5.31. The van der Waals surface area contributed by atoms with Gasteiger partial charge in [-0.1, -0.05) is 34.6 Å². The Hall–Kier alpha value is -0.545. The molecule has 0 aliphatic carbocycles. The van der Waals surface area contributed by atoms with Crippen LogP contribution in [0.3, 0.4) is 0 Å². The molecule has 0 unspecified atom stereocenters. The Morgan fingerprint density at radius 1 is 1.33 bits per heavy atom. The van der Waals surface area contributed by atoms with Crippen molar-refractivity contribution in [2.24, 2.45) is 11.3 Å². The van der Waals surface area contributed by atoms with Crippen LogP contribution in [0.25, 0.3) is 0 Å². The lowest BCUT2D eigenvalue weighted by Crippen LogP contribution is -2.50. The van der Waals surface area contributed by atoms with Gasteiger partial charge in [-0.25, -0.2) is 0 Å². The highest BCUT2D eigenvalue weighted by Gasteiger charge is 2.30. The molecule has 0 bridgehead atoms. The second kappa shape index (κ2) is 5.51. The summed E-state index contributed by atoms with van der Waals surface area (Å²) in [7, 11) is -1.50. The first-order chi connectivity index (χ1) is 6.64. The van der Waals surface area contributed by atoms with Crippen molar-refractivity contribution >= 4 is 13.0 Å². The fourth-order valence-electron chi connectivity index (χ4n) is 1.15. The van der Waals surface area contributed by atoms with Gasteiger partial charge < -0.3 is 15.4 Å². The number of carbonyl (C=O) groups excluding carboxylic acids is 1. The SMILES string of the molecule is CC(C)C[C@H](NC(=O)C(C)(C)C)B(O)O. The summed E-state index contributed by atoms with van der Waals surface area (Å²) in [6, 6.07) is 0. The fourth-order valence-corrected chi connectivity index (χ4v) is 1.15. The molecular weight excluding hydrogens is 193 g/mol. The summed E-state index contributed by atoms with van der Waals surface area (Å²) >= 11 is 0. The molecule has 1 amide bonds. The van der Waals surface area contributed by atoms with E-state index in [0.717, 1.165) is 0 Å². The van der Waals surface area contributed by atoms with Crippen LogP contribution in [0, 0.1) is 11.3 Å². The van der Waals surface area contributed by atoms with Gasteiger partial charge in [0.1, 0.15) is 0 Å². The molecule has 0 radical (unpaired) electrons. The van der Waals surface area contributed by atoms with E-state index in [-0.39, 0.29) is 5.91 Å². The molecule has 0 aliphatic rings. The summed E-state index contributed by atoms with van der Waals surface area (Å²) in [6.45, 7) is 9.31. The van der Waals surface area contributed by atoms with Crippen LogP contribution in [-0.2, 0) is 4.79 Å². The molecule has 0 spiro atoms. The van der Waals surface area contributed by atoms with Crippen molar-refractivity contribution in [1.29, 1.82) is 0 Å². The number of rotatable bonds is 4. The number of hydrogen-bond acceptors (Lipinski definition) is 3. The minimum absolute atomic E-state index is 0.166. The van der Waals surface area contributed by atoms with Crippen LogP contribution in [0.5, 0.6) is 0 Å². The van der Waals surface area contributed by atoms with Crippen molar-refractivity contribution in [2.45, 2.75) is 47.0 Å². The van der Waals surface area contributed by atoms with Crippen molar-refractivity contribution in [3.8, 4) is 0 Å². The predicted octanol–water partition coefficient (Wildman–Crippen LogP) is 0.575. The van der Waals surface area contributed by atoms with Crippen LogP contribution in [0.15, 0.2) is 0 Å². The predicted molar refractivity (Wildman–Crippen MR) is 61.0 cm³/mol. The van der Waals surface area contributed by atoms with Gasteiger partial charge in [-0.3, -0.25) is 4.79 Å². The summed E-state index contributed by atoms with van der Waals surface area (Å²) in [4.78, 5) is 11.6. The van der Waals surface area contributed by atoms with E-state index in [1.54, 1.807) is 20.8 Å². The third-order valence-electron chi connectivity index (χ3n) is 2.08. The lowest BCUT2D eigenvalue weighted by molar-refractivity contribution is -0.129. The van der Waals surface area contributed by atoms with E-state index in [0.29, 0.717) is 12.3 Å². The largest absolute Gasteiger partial charge is 0.475 e. The molecule has 88 valence electrons. The van der Waals surface area contributed by atoms with E-state index in [9.17, 15) is 4.79 Å². The molecule has 0 fully saturated rings. The molecule has 1 atom stereocenters. The van der Waals surface area contributed by atoms with Gasteiger partial charge >= 0.3 is 7.12 Å². The molecule has 0 aromatic carbocycles. The Balaban J connectivity index is 4.36. The zero-order valence-electron chi connectivity index (χ0n) is 10.2. The van der Waals surface area contributed by atoms with Gasteiger partial charge in [0, 0.05) is 5.41 Å². The normalized spacial score (nSPS) is 13.9. The molecule has 0 saturated carbocycles. The fraction of sp³-hybridized carbons (Fsp3) is 0.900.